The summed E-state index contributed by atoms with van der Waals surface area (Å²) in [7, 11) is 1.32. The Labute approximate surface area is 149 Å². The van der Waals surface area contributed by atoms with Crippen molar-refractivity contribution in [1.82, 2.24) is 5.32 Å². The predicted molar refractivity (Wildman–Crippen MR) is 87.6 cm³/mol. The van der Waals surface area contributed by atoms with E-state index >= 15 is 0 Å². The van der Waals surface area contributed by atoms with Crippen LogP contribution in [0.5, 0.6) is 11.5 Å². The minimum atomic E-state index is -4.47. The monoisotopic (exact) mass is 384 g/mol. The Hall–Kier alpha value is -1.71. The number of benzene rings is 1. The third-order valence-corrected chi connectivity index (χ3v) is 3.42. The van der Waals surface area contributed by atoms with Gasteiger partial charge in [-0.3, -0.25) is 4.79 Å². The number of rotatable bonds is 5. The number of amides is 1. The normalized spacial score (nSPS) is 20.4. The van der Waals surface area contributed by atoms with Crippen molar-refractivity contribution >= 4 is 24.0 Å². The second kappa shape index (κ2) is 9.12. The zero-order chi connectivity index (χ0) is 17.7. The molecule has 0 unspecified atom stereocenters. The molecule has 1 saturated heterocycles. The molecule has 2 N–H and O–H groups in total. The summed E-state index contributed by atoms with van der Waals surface area (Å²) in [6.45, 7) is 1.38. The summed E-state index contributed by atoms with van der Waals surface area (Å²) in [4.78, 5) is 12.3. The minimum absolute atomic E-state index is 0. The molecule has 1 aliphatic heterocycles. The molecule has 1 heterocycles. The van der Waals surface area contributed by atoms with E-state index in [9.17, 15) is 18.0 Å². The van der Waals surface area contributed by atoms with Crippen LogP contribution in [0, 0.1) is 0 Å². The van der Waals surface area contributed by atoms with Crippen LogP contribution in [0.25, 0.3) is 0 Å². The first-order valence-electron chi connectivity index (χ1n) is 7.33. The predicted octanol–water partition coefficient (Wildman–Crippen LogP) is 2.37. The van der Waals surface area contributed by atoms with Crippen molar-refractivity contribution in [3.05, 3.63) is 18.2 Å². The first-order valence-corrected chi connectivity index (χ1v) is 7.33. The molecule has 1 aliphatic rings. The minimum Gasteiger partial charge on any atom is -0.493 e. The highest BCUT2D eigenvalue weighted by Crippen LogP contribution is 2.31. The SMILES string of the molecule is COc1ccc(NC(=O)[C@H]2NCCO[C@@H]2C)cc1OCC(F)(F)F.Cl. The van der Waals surface area contributed by atoms with Crippen LogP contribution in [-0.4, -0.2) is 51.1 Å². The van der Waals surface area contributed by atoms with Gasteiger partial charge in [0.15, 0.2) is 18.1 Å². The largest absolute Gasteiger partial charge is 0.493 e. The van der Waals surface area contributed by atoms with Gasteiger partial charge in [0.1, 0.15) is 6.04 Å². The summed E-state index contributed by atoms with van der Waals surface area (Å²) in [5.41, 5.74) is 0.303. The maximum atomic E-state index is 12.3. The van der Waals surface area contributed by atoms with Crippen molar-refractivity contribution in [2.24, 2.45) is 0 Å². The number of hydrogen-bond donors (Lipinski definition) is 2. The lowest BCUT2D eigenvalue weighted by atomic mass is 10.1. The molecular formula is C15H20ClF3N2O4. The van der Waals surface area contributed by atoms with E-state index in [1.54, 1.807) is 6.92 Å². The smallest absolute Gasteiger partial charge is 0.422 e. The molecule has 1 aromatic rings. The van der Waals surface area contributed by atoms with Crippen molar-refractivity contribution in [3.63, 3.8) is 0 Å². The summed E-state index contributed by atoms with van der Waals surface area (Å²) < 4.78 is 52.0. The highest BCUT2D eigenvalue weighted by Gasteiger charge is 2.30. The van der Waals surface area contributed by atoms with Gasteiger partial charge in [0.25, 0.3) is 0 Å². The van der Waals surface area contributed by atoms with Crippen LogP contribution in [0.1, 0.15) is 6.92 Å². The summed E-state index contributed by atoms with van der Waals surface area (Å²) >= 11 is 0. The fraction of sp³-hybridized carbons (Fsp3) is 0.533. The summed E-state index contributed by atoms with van der Waals surface area (Å²) in [5, 5.41) is 5.66. The van der Waals surface area contributed by atoms with Gasteiger partial charge in [-0.05, 0) is 19.1 Å². The first kappa shape index (κ1) is 21.3. The van der Waals surface area contributed by atoms with Crippen LogP contribution in [-0.2, 0) is 9.53 Å². The van der Waals surface area contributed by atoms with Crippen LogP contribution >= 0.6 is 12.4 Å². The van der Waals surface area contributed by atoms with E-state index < -0.39 is 18.8 Å². The molecule has 142 valence electrons. The number of hydrogen-bond acceptors (Lipinski definition) is 5. The lowest BCUT2D eigenvalue weighted by Gasteiger charge is -2.29. The van der Waals surface area contributed by atoms with Gasteiger partial charge in [-0.15, -0.1) is 12.4 Å². The molecule has 0 saturated carbocycles. The van der Waals surface area contributed by atoms with E-state index in [1.807, 2.05) is 0 Å². The Kier molecular flexibility index (Phi) is 7.78. The zero-order valence-corrected chi connectivity index (χ0v) is 14.5. The highest BCUT2D eigenvalue weighted by atomic mass is 35.5. The molecule has 2 rings (SSSR count). The standard InChI is InChI=1S/C15H19F3N2O4.ClH/c1-9-13(19-5-6-23-9)14(21)20-10-3-4-11(22-2)12(7-10)24-8-15(16,17)18;/h3-4,7,9,13,19H,5-6,8H2,1-2H3,(H,20,21);1H/t9-,13+;/m1./s1. The molecular weight excluding hydrogens is 365 g/mol. The van der Waals surface area contributed by atoms with Gasteiger partial charge in [0.2, 0.25) is 5.91 Å². The number of carbonyl (C=O) groups excluding carboxylic acids is 1. The van der Waals surface area contributed by atoms with E-state index in [2.05, 4.69) is 10.6 Å². The molecule has 0 spiro atoms. The van der Waals surface area contributed by atoms with Gasteiger partial charge in [-0.2, -0.15) is 13.2 Å². The fourth-order valence-electron chi connectivity index (χ4n) is 2.27. The lowest BCUT2D eigenvalue weighted by molar-refractivity contribution is -0.153. The van der Waals surface area contributed by atoms with E-state index in [4.69, 9.17) is 14.2 Å². The van der Waals surface area contributed by atoms with Crippen LogP contribution in [0.2, 0.25) is 0 Å². The van der Waals surface area contributed by atoms with E-state index in [1.165, 1.54) is 25.3 Å². The van der Waals surface area contributed by atoms with Crippen molar-refractivity contribution in [2.45, 2.75) is 25.2 Å². The molecule has 0 aliphatic carbocycles. The van der Waals surface area contributed by atoms with Crippen LogP contribution in [0.3, 0.4) is 0 Å². The average molecular weight is 385 g/mol. The zero-order valence-electron chi connectivity index (χ0n) is 13.7. The third kappa shape index (κ3) is 6.26. The molecule has 0 aromatic heterocycles. The maximum Gasteiger partial charge on any atom is 0.422 e. The molecule has 1 fully saturated rings. The van der Waals surface area contributed by atoms with E-state index in [-0.39, 0.29) is 35.9 Å². The number of alkyl halides is 3. The topological polar surface area (TPSA) is 68.8 Å². The molecule has 10 heteroatoms. The summed E-state index contributed by atoms with van der Waals surface area (Å²) in [6, 6.07) is 3.69. The molecule has 25 heavy (non-hydrogen) atoms. The Balaban J connectivity index is 0.00000312. The molecule has 6 nitrogen and oxygen atoms in total. The van der Waals surface area contributed by atoms with Gasteiger partial charge >= 0.3 is 6.18 Å². The Morgan fingerprint density at radius 1 is 1.40 bits per heavy atom. The fourth-order valence-corrected chi connectivity index (χ4v) is 2.27. The van der Waals surface area contributed by atoms with Crippen molar-refractivity contribution in [2.75, 3.05) is 32.2 Å². The van der Waals surface area contributed by atoms with E-state index in [0.717, 1.165) is 0 Å². The van der Waals surface area contributed by atoms with Crippen LogP contribution in [0.15, 0.2) is 18.2 Å². The van der Waals surface area contributed by atoms with Gasteiger partial charge in [-0.1, -0.05) is 0 Å². The molecule has 1 amide bonds. The summed E-state index contributed by atoms with van der Waals surface area (Å²) in [6.07, 6.45) is -4.78. The highest BCUT2D eigenvalue weighted by molar-refractivity contribution is 5.95. The number of anilines is 1. The van der Waals surface area contributed by atoms with Crippen molar-refractivity contribution < 1.29 is 32.2 Å². The van der Waals surface area contributed by atoms with Gasteiger partial charge < -0.3 is 24.8 Å². The van der Waals surface area contributed by atoms with Crippen molar-refractivity contribution in [3.8, 4) is 11.5 Å². The first-order chi connectivity index (χ1) is 11.3. The van der Waals surface area contributed by atoms with Crippen LogP contribution in [0.4, 0.5) is 18.9 Å². The second-order valence-corrected chi connectivity index (χ2v) is 5.27. The number of ether oxygens (including phenoxy) is 3. The molecule has 0 radical (unpaired) electrons. The molecule has 2 atom stereocenters. The average Bonchev–Trinajstić information content (AvgIpc) is 2.52. The number of nitrogens with one attached hydrogen (secondary N) is 2. The maximum absolute atomic E-state index is 12.3. The second-order valence-electron chi connectivity index (χ2n) is 5.27. The molecule has 0 bridgehead atoms. The number of morpholine rings is 1. The van der Waals surface area contributed by atoms with E-state index in [0.29, 0.717) is 18.8 Å². The lowest BCUT2D eigenvalue weighted by Crippen LogP contribution is -2.53. The van der Waals surface area contributed by atoms with Gasteiger partial charge in [0.05, 0.1) is 19.8 Å². The van der Waals surface area contributed by atoms with Gasteiger partial charge in [-0.25, -0.2) is 0 Å². The number of methoxy groups -OCH3 is 1. The Morgan fingerprint density at radius 3 is 2.72 bits per heavy atom. The number of carbonyl (C=O) groups is 1. The van der Waals surface area contributed by atoms with Gasteiger partial charge in [0, 0.05) is 18.3 Å². The Morgan fingerprint density at radius 2 is 2.12 bits per heavy atom. The van der Waals surface area contributed by atoms with Crippen molar-refractivity contribution in [1.29, 1.82) is 0 Å². The third-order valence-electron chi connectivity index (χ3n) is 3.42. The Bertz CT molecular complexity index is 586. The number of halogens is 4. The van der Waals surface area contributed by atoms with Crippen LogP contribution < -0.4 is 20.1 Å². The quantitative estimate of drug-likeness (QED) is 0.815. The molecule has 1 aromatic carbocycles. The summed E-state index contributed by atoms with van der Waals surface area (Å²) in [5.74, 6) is -0.299.